The summed E-state index contributed by atoms with van der Waals surface area (Å²) >= 11 is 3.33. The predicted octanol–water partition coefficient (Wildman–Crippen LogP) is 1.49. The van der Waals surface area contributed by atoms with Gasteiger partial charge in [0.2, 0.25) is 0 Å². The Kier molecular flexibility index (Phi) is 4.19. The topological polar surface area (TPSA) is 80.6 Å². The average molecular weight is 345 g/mol. The van der Waals surface area contributed by atoms with Gasteiger partial charge in [0.15, 0.2) is 0 Å². The first-order valence-electron chi connectivity index (χ1n) is 6.36. The number of aliphatic carboxylic acids is 1. The van der Waals surface area contributed by atoms with E-state index in [9.17, 15) is 14.7 Å². The van der Waals surface area contributed by atoms with E-state index in [-0.39, 0.29) is 19.1 Å². The molecule has 0 aliphatic carbocycles. The quantitative estimate of drug-likeness (QED) is 0.867. The normalized spacial score (nSPS) is 25.6. The van der Waals surface area contributed by atoms with Crippen LogP contribution in [0.3, 0.4) is 0 Å². The third kappa shape index (κ3) is 2.60. The highest BCUT2D eigenvalue weighted by Crippen LogP contribution is 2.29. The minimum atomic E-state index is -1.09. The number of hydrogen-bond acceptors (Lipinski definition) is 3. The standard InChI is InChI=1S/C13H17BrN2O4/c1-3-16-5-8(14)4-9(16)11(17)15-10-6-20-7-13(10,2)12(18)19/h4-5,10H,3,6-7H2,1-2H3,(H,15,17)(H,18,19). The van der Waals surface area contributed by atoms with Crippen LogP contribution in [0, 0.1) is 5.41 Å². The van der Waals surface area contributed by atoms with Crippen LogP contribution in [0.2, 0.25) is 0 Å². The number of nitrogens with one attached hydrogen (secondary N) is 1. The fraction of sp³-hybridized carbons (Fsp3) is 0.538. The van der Waals surface area contributed by atoms with E-state index in [0.29, 0.717) is 12.2 Å². The summed E-state index contributed by atoms with van der Waals surface area (Å²) in [5, 5.41) is 12.1. The number of carboxylic acids is 1. The van der Waals surface area contributed by atoms with Gasteiger partial charge in [0.05, 0.1) is 19.3 Å². The van der Waals surface area contributed by atoms with Crippen molar-refractivity contribution in [3.63, 3.8) is 0 Å². The number of carbonyl (C=O) groups is 2. The first-order chi connectivity index (χ1) is 9.38. The van der Waals surface area contributed by atoms with E-state index in [0.717, 1.165) is 4.47 Å². The molecule has 110 valence electrons. The van der Waals surface area contributed by atoms with Gasteiger partial charge in [0.1, 0.15) is 11.1 Å². The third-order valence-corrected chi connectivity index (χ3v) is 4.12. The lowest BCUT2D eigenvalue weighted by atomic mass is 9.85. The van der Waals surface area contributed by atoms with E-state index in [1.165, 1.54) is 0 Å². The summed E-state index contributed by atoms with van der Waals surface area (Å²) < 4.78 is 7.83. The molecule has 0 aromatic carbocycles. The second-order valence-electron chi connectivity index (χ2n) is 5.09. The molecular formula is C13H17BrN2O4. The van der Waals surface area contributed by atoms with Crippen molar-refractivity contribution < 1.29 is 19.4 Å². The van der Waals surface area contributed by atoms with Crippen molar-refractivity contribution in [2.75, 3.05) is 13.2 Å². The number of aryl methyl sites for hydroxylation is 1. The van der Waals surface area contributed by atoms with Gasteiger partial charge in [-0.2, -0.15) is 0 Å². The summed E-state index contributed by atoms with van der Waals surface area (Å²) in [7, 11) is 0. The monoisotopic (exact) mass is 344 g/mol. The van der Waals surface area contributed by atoms with E-state index in [2.05, 4.69) is 21.2 Å². The first kappa shape index (κ1) is 15.1. The van der Waals surface area contributed by atoms with Crippen LogP contribution in [0.1, 0.15) is 24.3 Å². The van der Waals surface area contributed by atoms with Gasteiger partial charge < -0.3 is 19.7 Å². The van der Waals surface area contributed by atoms with E-state index in [1.54, 1.807) is 17.6 Å². The molecule has 0 bridgehead atoms. The molecule has 1 aliphatic heterocycles. The molecule has 1 aromatic heterocycles. The van der Waals surface area contributed by atoms with Crippen LogP contribution in [0.15, 0.2) is 16.7 Å². The van der Waals surface area contributed by atoms with Gasteiger partial charge >= 0.3 is 5.97 Å². The summed E-state index contributed by atoms with van der Waals surface area (Å²) in [6.07, 6.45) is 1.82. The molecule has 0 radical (unpaired) electrons. The maximum Gasteiger partial charge on any atom is 0.313 e. The Bertz CT molecular complexity index is 542. The van der Waals surface area contributed by atoms with Crippen molar-refractivity contribution in [3.05, 3.63) is 22.4 Å². The predicted molar refractivity (Wildman–Crippen MR) is 75.6 cm³/mol. The third-order valence-electron chi connectivity index (χ3n) is 3.69. The van der Waals surface area contributed by atoms with E-state index < -0.39 is 17.4 Å². The lowest BCUT2D eigenvalue weighted by Crippen LogP contribution is -2.50. The number of aromatic nitrogens is 1. The number of hydrogen-bond donors (Lipinski definition) is 2. The zero-order valence-electron chi connectivity index (χ0n) is 11.4. The summed E-state index contributed by atoms with van der Waals surface area (Å²) in [5.41, 5.74) is -0.588. The van der Waals surface area contributed by atoms with Crippen LogP contribution < -0.4 is 5.32 Å². The van der Waals surface area contributed by atoms with Gasteiger partial charge in [-0.05, 0) is 35.8 Å². The van der Waals surface area contributed by atoms with Crippen LogP contribution >= 0.6 is 15.9 Å². The number of rotatable bonds is 4. The Labute approximate surface area is 125 Å². The second-order valence-corrected chi connectivity index (χ2v) is 6.01. The van der Waals surface area contributed by atoms with Crippen molar-refractivity contribution in [1.29, 1.82) is 0 Å². The van der Waals surface area contributed by atoms with E-state index in [1.807, 2.05) is 13.1 Å². The molecular weight excluding hydrogens is 328 g/mol. The number of carbonyl (C=O) groups excluding carboxylic acids is 1. The van der Waals surface area contributed by atoms with Crippen molar-refractivity contribution in [2.24, 2.45) is 5.41 Å². The van der Waals surface area contributed by atoms with Crippen LogP contribution in [-0.4, -0.2) is 40.8 Å². The molecule has 1 fully saturated rings. The van der Waals surface area contributed by atoms with Crippen LogP contribution in [-0.2, 0) is 16.1 Å². The Morgan fingerprint density at radius 3 is 2.95 bits per heavy atom. The molecule has 1 amide bonds. The molecule has 6 nitrogen and oxygen atoms in total. The molecule has 2 rings (SSSR count). The zero-order valence-corrected chi connectivity index (χ0v) is 12.9. The van der Waals surface area contributed by atoms with Crippen LogP contribution in [0.4, 0.5) is 0 Å². The minimum absolute atomic E-state index is 0.103. The van der Waals surface area contributed by atoms with Gasteiger partial charge in [-0.3, -0.25) is 9.59 Å². The molecule has 2 N–H and O–H groups in total. The highest BCUT2D eigenvalue weighted by molar-refractivity contribution is 9.10. The Morgan fingerprint density at radius 1 is 1.65 bits per heavy atom. The zero-order chi connectivity index (χ0) is 14.9. The maximum atomic E-state index is 12.3. The number of ether oxygens (including phenoxy) is 1. The first-order valence-corrected chi connectivity index (χ1v) is 7.15. The van der Waals surface area contributed by atoms with Gasteiger partial charge in [-0.25, -0.2) is 0 Å². The number of halogens is 1. The average Bonchev–Trinajstić information content (AvgIpc) is 2.94. The fourth-order valence-electron chi connectivity index (χ4n) is 2.24. The molecule has 1 aromatic rings. The Morgan fingerprint density at radius 2 is 2.35 bits per heavy atom. The molecule has 1 aliphatic rings. The molecule has 0 saturated carbocycles. The molecule has 0 spiro atoms. The smallest absolute Gasteiger partial charge is 0.313 e. The summed E-state index contributed by atoms with van der Waals surface area (Å²) in [6, 6.07) is 1.18. The molecule has 1 saturated heterocycles. The van der Waals surface area contributed by atoms with Gasteiger partial charge in [0.25, 0.3) is 5.91 Å². The van der Waals surface area contributed by atoms with Gasteiger partial charge in [0, 0.05) is 17.2 Å². The molecule has 2 heterocycles. The number of amides is 1. The minimum Gasteiger partial charge on any atom is -0.481 e. The maximum absolute atomic E-state index is 12.3. The SMILES string of the molecule is CCn1cc(Br)cc1C(=O)NC1COCC1(C)C(=O)O. The highest BCUT2D eigenvalue weighted by Gasteiger charge is 2.47. The van der Waals surface area contributed by atoms with Gasteiger partial charge in [-0.1, -0.05) is 0 Å². The summed E-state index contributed by atoms with van der Waals surface area (Å²) in [5.74, 6) is -1.26. The van der Waals surface area contributed by atoms with Crippen molar-refractivity contribution in [3.8, 4) is 0 Å². The summed E-state index contributed by atoms with van der Waals surface area (Å²) in [6.45, 7) is 4.49. The molecule has 2 unspecified atom stereocenters. The van der Waals surface area contributed by atoms with Crippen molar-refractivity contribution >= 4 is 27.8 Å². The lowest BCUT2D eigenvalue weighted by molar-refractivity contribution is -0.148. The number of nitrogens with zero attached hydrogens (tertiary/aromatic N) is 1. The van der Waals surface area contributed by atoms with Crippen LogP contribution in [0.5, 0.6) is 0 Å². The number of carboxylic acid groups (broad SMARTS) is 1. The van der Waals surface area contributed by atoms with Crippen molar-refractivity contribution in [1.82, 2.24) is 9.88 Å². The molecule has 20 heavy (non-hydrogen) atoms. The lowest BCUT2D eigenvalue weighted by Gasteiger charge is -2.25. The Hall–Kier alpha value is -1.34. The fourth-order valence-corrected chi connectivity index (χ4v) is 2.71. The van der Waals surface area contributed by atoms with E-state index >= 15 is 0 Å². The highest BCUT2D eigenvalue weighted by atomic mass is 79.9. The Balaban J connectivity index is 2.17. The largest absolute Gasteiger partial charge is 0.481 e. The summed E-state index contributed by atoms with van der Waals surface area (Å²) in [4.78, 5) is 23.6. The van der Waals surface area contributed by atoms with E-state index in [4.69, 9.17) is 4.74 Å². The second kappa shape index (κ2) is 5.57. The molecule has 2 atom stereocenters. The van der Waals surface area contributed by atoms with Crippen LogP contribution in [0.25, 0.3) is 0 Å². The molecule has 7 heteroatoms. The van der Waals surface area contributed by atoms with Gasteiger partial charge in [-0.15, -0.1) is 0 Å². The van der Waals surface area contributed by atoms with Crippen molar-refractivity contribution in [2.45, 2.75) is 26.4 Å².